The van der Waals surface area contributed by atoms with Gasteiger partial charge in [0.2, 0.25) is 11.3 Å². The average Bonchev–Trinajstić information content (AvgIpc) is 3.67. The standard InChI is InChI=1S/C27H36ClN9O4.C3H3F3O/c1-2-36-21(13-32-27(39)22-25(29)35-26(30)24(28)34-22)37(14-17-5-4-12-40-17)18-6-3-7-19(23(18)36)41-15-20(38)33-16-8-10-31-11-9-16;1-2(7)3(4,5)6/h3,6-7,16-17,31H,2,4-5,8-15H2,1H3,(H5-,29,30,32,33,35,38,39);1H3/p+1. The number of nitrogens with zero attached hydrogens (tertiary/aromatic N) is 4. The lowest BCUT2D eigenvalue weighted by atomic mass is 10.1. The third kappa shape index (κ3) is 9.23. The van der Waals surface area contributed by atoms with Crippen LogP contribution in [0.1, 0.15) is 55.8 Å². The molecule has 14 nitrogen and oxygen atoms in total. The molecule has 1 aromatic carbocycles. The second-order valence-corrected chi connectivity index (χ2v) is 11.6. The molecule has 2 aromatic heterocycles. The Bertz CT molecular complexity index is 1620. The number of carbonyl (C=O) groups excluding carboxylic acids is 3. The molecule has 262 valence electrons. The van der Waals surface area contributed by atoms with E-state index in [1.54, 1.807) is 0 Å². The second-order valence-electron chi connectivity index (χ2n) is 11.3. The molecule has 0 aliphatic carbocycles. The van der Waals surface area contributed by atoms with Crippen LogP contribution in [-0.4, -0.2) is 76.8 Å². The van der Waals surface area contributed by atoms with Gasteiger partial charge < -0.3 is 36.9 Å². The first-order valence-corrected chi connectivity index (χ1v) is 15.9. The minimum Gasteiger partial charge on any atom is -0.479 e. The first-order valence-electron chi connectivity index (χ1n) is 15.5. The van der Waals surface area contributed by atoms with Gasteiger partial charge in [0.05, 0.1) is 12.6 Å². The lowest BCUT2D eigenvalue weighted by molar-refractivity contribution is -0.676. The number of hydrogen-bond acceptors (Lipinski definition) is 10. The van der Waals surface area contributed by atoms with Gasteiger partial charge in [-0.15, -0.1) is 0 Å². The number of amides is 2. The highest BCUT2D eigenvalue weighted by atomic mass is 35.5. The summed E-state index contributed by atoms with van der Waals surface area (Å²) in [5.41, 5.74) is 13.2. The van der Waals surface area contributed by atoms with Crippen molar-refractivity contribution in [3.05, 3.63) is 34.9 Å². The smallest absolute Gasteiger partial charge is 0.449 e. The van der Waals surface area contributed by atoms with Gasteiger partial charge in [-0.2, -0.15) is 13.2 Å². The largest absolute Gasteiger partial charge is 0.479 e. The SMILES string of the molecule is CC(=O)C(F)(F)F.CC[n+]1c(CNC(=O)c2nc(Cl)c(N)nc2N)n(CC2CCCO2)c2cccc(OCC(=O)NC3CCNCC3)c21. The number of ketones is 1. The summed E-state index contributed by atoms with van der Waals surface area (Å²) >= 11 is 5.99. The van der Waals surface area contributed by atoms with Crippen molar-refractivity contribution < 1.29 is 41.6 Å². The zero-order valence-corrected chi connectivity index (χ0v) is 27.4. The minimum atomic E-state index is -4.64. The highest BCUT2D eigenvalue weighted by Crippen LogP contribution is 2.27. The summed E-state index contributed by atoms with van der Waals surface area (Å²) in [6.45, 7) is 6.28. The molecule has 2 fully saturated rings. The van der Waals surface area contributed by atoms with Crippen molar-refractivity contribution in [3.63, 3.8) is 0 Å². The number of Topliss-reactive ketones (excluding diaryl/α,β-unsaturated/α-hetero) is 1. The van der Waals surface area contributed by atoms with E-state index in [0.29, 0.717) is 25.8 Å². The van der Waals surface area contributed by atoms with Crippen molar-refractivity contribution in [1.29, 1.82) is 0 Å². The molecule has 48 heavy (non-hydrogen) atoms. The van der Waals surface area contributed by atoms with Gasteiger partial charge in [-0.3, -0.25) is 14.4 Å². The van der Waals surface area contributed by atoms with Gasteiger partial charge in [-0.25, -0.2) is 19.1 Å². The van der Waals surface area contributed by atoms with Crippen LogP contribution in [-0.2, 0) is 34.0 Å². The Labute approximate surface area is 279 Å². The number of nitrogen functional groups attached to an aromatic ring is 2. The molecule has 2 amide bonds. The Hall–Kier alpha value is -4.22. The predicted molar refractivity (Wildman–Crippen MR) is 170 cm³/mol. The number of nitrogens with one attached hydrogen (secondary N) is 3. The molecule has 3 aromatic rings. The van der Waals surface area contributed by atoms with E-state index in [-0.39, 0.29) is 53.7 Å². The summed E-state index contributed by atoms with van der Waals surface area (Å²) in [6.07, 6.45) is -0.847. The topological polar surface area (TPSA) is 192 Å². The van der Waals surface area contributed by atoms with Crippen LogP contribution in [0.15, 0.2) is 18.2 Å². The van der Waals surface area contributed by atoms with Crippen LogP contribution in [0.4, 0.5) is 24.8 Å². The lowest BCUT2D eigenvalue weighted by Crippen LogP contribution is -2.44. The number of anilines is 2. The third-order valence-corrected chi connectivity index (χ3v) is 8.16. The molecule has 2 aliphatic rings. The summed E-state index contributed by atoms with van der Waals surface area (Å²) in [7, 11) is 0. The number of aromatic nitrogens is 4. The number of piperidine rings is 1. The maximum absolute atomic E-state index is 13.1. The van der Waals surface area contributed by atoms with Crippen LogP contribution in [0.25, 0.3) is 11.0 Å². The number of rotatable bonds is 10. The number of aryl methyl sites for hydroxylation is 1. The summed E-state index contributed by atoms with van der Waals surface area (Å²) in [5.74, 6) is -1.17. The van der Waals surface area contributed by atoms with Gasteiger partial charge >= 0.3 is 6.18 Å². The van der Waals surface area contributed by atoms with Crippen molar-refractivity contribution in [2.24, 2.45) is 0 Å². The lowest BCUT2D eigenvalue weighted by Gasteiger charge is -2.23. The molecule has 1 unspecified atom stereocenters. The molecule has 2 aliphatic heterocycles. The van der Waals surface area contributed by atoms with Crippen molar-refractivity contribution in [2.75, 3.05) is 37.8 Å². The molecule has 0 saturated carbocycles. The highest BCUT2D eigenvalue weighted by molar-refractivity contribution is 6.31. The fraction of sp³-hybridized carbons (Fsp3) is 0.533. The number of hydrogen-bond donors (Lipinski definition) is 5. The Morgan fingerprint density at radius 2 is 1.88 bits per heavy atom. The zero-order valence-electron chi connectivity index (χ0n) is 26.7. The molecular formula is C30H40ClF3N9O5+. The number of halogens is 4. The molecular weight excluding hydrogens is 659 g/mol. The van der Waals surface area contributed by atoms with E-state index < -0.39 is 17.9 Å². The molecule has 0 radical (unpaired) electrons. The fourth-order valence-electron chi connectivity index (χ4n) is 5.49. The van der Waals surface area contributed by atoms with Crippen LogP contribution in [0.3, 0.4) is 0 Å². The first-order chi connectivity index (χ1) is 22.8. The Morgan fingerprint density at radius 1 is 1.17 bits per heavy atom. The van der Waals surface area contributed by atoms with Gasteiger partial charge in [0.1, 0.15) is 13.1 Å². The molecule has 4 heterocycles. The number of carbonyl (C=O) groups is 3. The monoisotopic (exact) mass is 698 g/mol. The van der Waals surface area contributed by atoms with Crippen LogP contribution in [0, 0.1) is 0 Å². The average molecular weight is 699 g/mol. The van der Waals surface area contributed by atoms with Gasteiger partial charge in [0, 0.05) is 19.6 Å². The second kappa shape index (κ2) is 16.3. The van der Waals surface area contributed by atoms with Crippen LogP contribution >= 0.6 is 11.6 Å². The van der Waals surface area contributed by atoms with Crippen LogP contribution in [0.5, 0.6) is 5.75 Å². The molecule has 7 N–H and O–H groups in total. The number of ether oxygens (including phenoxy) is 2. The van der Waals surface area contributed by atoms with Crippen molar-refractivity contribution in [1.82, 2.24) is 30.5 Å². The molecule has 5 rings (SSSR count). The number of nitrogens with two attached hydrogens (primary N) is 2. The molecule has 2 saturated heterocycles. The number of imidazole rings is 1. The van der Waals surface area contributed by atoms with E-state index in [1.807, 2.05) is 25.1 Å². The van der Waals surface area contributed by atoms with E-state index in [0.717, 1.165) is 62.2 Å². The van der Waals surface area contributed by atoms with Gasteiger partial charge in [-0.05, 0) is 57.8 Å². The quantitative estimate of drug-likeness (QED) is 0.196. The molecule has 0 spiro atoms. The molecule has 18 heteroatoms. The van der Waals surface area contributed by atoms with E-state index in [2.05, 4.69) is 35.1 Å². The number of alkyl halides is 3. The highest BCUT2D eigenvalue weighted by Gasteiger charge is 2.34. The number of benzene rings is 1. The van der Waals surface area contributed by atoms with Crippen molar-refractivity contribution in [2.45, 2.75) is 77.5 Å². The van der Waals surface area contributed by atoms with Crippen LogP contribution < -0.4 is 36.7 Å². The van der Waals surface area contributed by atoms with Crippen molar-refractivity contribution >= 4 is 51.9 Å². The Morgan fingerprint density at radius 3 is 2.50 bits per heavy atom. The maximum Gasteiger partial charge on any atom is 0.449 e. The van der Waals surface area contributed by atoms with Gasteiger partial charge in [0.25, 0.3) is 17.6 Å². The van der Waals surface area contributed by atoms with Crippen LogP contribution in [0.2, 0.25) is 5.15 Å². The minimum absolute atomic E-state index is 0.0433. The van der Waals surface area contributed by atoms with E-state index >= 15 is 0 Å². The number of fused-ring (bicyclic) bond motifs is 1. The summed E-state index contributed by atoms with van der Waals surface area (Å²) in [4.78, 5) is 43.0. The van der Waals surface area contributed by atoms with E-state index in [1.165, 1.54) is 0 Å². The van der Waals surface area contributed by atoms with Gasteiger partial charge in [0.15, 0.2) is 40.4 Å². The maximum atomic E-state index is 13.1. The zero-order chi connectivity index (χ0) is 35.0. The van der Waals surface area contributed by atoms with E-state index in [9.17, 15) is 27.6 Å². The summed E-state index contributed by atoms with van der Waals surface area (Å²) in [5, 5.41) is 9.19. The summed E-state index contributed by atoms with van der Waals surface area (Å²) in [6, 6.07) is 5.93. The van der Waals surface area contributed by atoms with E-state index in [4.69, 9.17) is 32.5 Å². The third-order valence-electron chi connectivity index (χ3n) is 7.88. The molecule has 0 bridgehead atoms. The predicted octanol–water partition coefficient (Wildman–Crippen LogP) is 2.05. The van der Waals surface area contributed by atoms with Gasteiger partial charge in [-0.1, -0.05) is 17.7 Å². The Kier molecular flexibility index (Phi) is 12.4. The normalized spacial score (nSPS) is 16.7. The fourth-order valence-corrected chi connectivity index (χ4v) is 5.61. The first kappa shape index (κ1) is 36.6. The Balaban J connectivity index is 0.000000671. The molecule has 1 atom stereocenters. The summed E-state index contributed by atoms with van der Waals surface area (Å²) < 4.78 is 48.8. The van der Waals surface area contributed by atoms with Crippen molar-refractivity contribution in [3.8, 4) is 5.75 Å². The number of para-hydroxylation sites is 1.